The molecule has 0 bridgehead atoms. The number of aryl methyl sites for hydroxylation is 1. The third kappa shape index (κ3) is 7.63. The van der Waals surface area contributed by atoms with Crippen molar-refractivity contribution < 1.29 is 14.3 Å². The van der Waals surface area contributed by atoms with Crippen molar-refractivity contribution in [2.75, 3.05) is 13.7 Å². The lowest BCUT2D eigenvalue weighted by molar-refractivity contribution is -0.140. The molecule has 0 radical (unpaired) electrons. The monoisotopic (exact) mass is 478 g/mol. The van der Waals surface area contributed by atoms with Crippen molar-refractivity contribution >= 4 is 23.4 Å². The fourth-order valence-corrected chi connectivity index (χ4v) is 3.80. The molecule has 0 spiro atoms. The summed E-state index contributed by atoms with van der Waals surface area (Å²) in [7, 11) is 1.63. The minimum absolute atomic E-state index is 0.0587. The van der Waals surface area contributed by atoms with Crippen LogP contribution in [0.5, 0.6) is 5.75 Å². The molecule has 0 saturated heterocycles. The van der Waals surface area contributed by atoms with E-state index >= 15 is 0 Å². The van der Waals surface area contributed by atoms with Crippen molar-refractivity contribution in [3.63, 3.8) is 0 Å². The Hall–Kier alpha value is -3.31. The zero-order valence-electron chi connectivity index (χ0n) is 19.7. The average Bonchev–Trinajstić information content (AvgIpc) is 2.87. The van der Waals surface area contributed by atoms with E-state index in [0.717, 1.165) is 22.4 Å². The molecule has 6 heteroatoms. The van der Waals surface area contributed by atoms with E-state index in [2.05, 4.69) is 5.32 Å². The largest absolute Gasteiger partial charge is 0.497 e. The Balaban J connectivity index is 1.62. The number of benzene rings is 3. The molecule has 0 aliphatic rings. The van der Waals surface area contributed by atoms with Gasteiger partial charge in [-0.2, -0.15) is 0 Å². The van der Waals surface area contributed by atoms with Crippen molar-refractivity contribution in [3.8, 4) is 5.75 Å². The van der Waals surface area contributed by atoms with Crippen LogP contribution in [0.2, 0.25) is 5.02 Å². The summed E-state index contributed by atoms with van der Waals surface area (Å²) >= 11 is 6.01. The van der Waals surface area contributed by atoms with Crippen LogP contribution < -0.4 is 10.1 Å². The third-order valence-corrected chi connectivity index (χ3v) is 6.03. The molecule has 1 N–H and O–H groups in total. The number of nitrogens with zero attached hydrogens (tertiary/aromatic N) is 1. The molecule has 0 saturated carbocycles. The van der Waals surface area contributed by atoms with E-state index in [0.29, 0.717) is 37.4 Å². The lowest BCUT2D eigenvalue weighted by atomic mass is 10.1. The molecule has 0 fully saturated rings. The first-order valence-electron chi connectivity index (χ1n) is 11.4. The van der Waals surface area contributed by atoms with Gasteiger partial charge in [0.25, 0.3) is 0 Å². The van der Waals surface area contributed by atoms with E-state index in [-0.39, 0.29) is 11.8 Å². The summed E-state index contributed by atoms with van der Waals surface area (Å²) in [5.41, 5.74) is 3.12. The van der Waals surface area contributed by atoms with Crippen molar-refractivity contribution in [3.05, 3.63) is 101 Å². The van der Waals surface area contributed by atoms with Crippen LogP contribution in [0.15, 0.2) is 78.9 Å². The van der Waals surface area contributed by atoms with Crippen LogP contribution in [0, 0.1) is 0 Å². The SMILES string of the molecule is COc1ccc(CCNC(=O)[C@H](C)N(Cc2ccc(Cl)cc2)C(=O)CCc2ccccc2)cc1. The predicted octanol–water partition coefficient (Wildman–Crippen LogP) is 5.06. The summed E-state index contributed by atoms with van der Waals surface area (Å²) in [5, 5.41) is 3.61. The molecule has 3 rings (SSSR count). The summed E-state index contributed by atoms with van der Waals surface area (Å²) in [5.74, 6) is 0.570. The van der Waals surface area contributed by atoms with E-state index in [1.807, 2.05) is 66.7 Å². The fourth-order valence-electron chi connectivity index (χ4n) is 3.68. The second-order valence-corrected chi connectivity index (χ2v) is 8.64. The lowest BCUT2D eigenvalue weighted by Crippen LogP contribution is -2.48. The first-order valence-corrected chi connectivity index (χ1v) is 11.8. The number of hydrogen-bond acceptors (Lipinski definition) is 3. The second-order valence-electron chi connectivity index (χ2n) is 8.20. The quantitative estimate of drug-likeness (QED) is 0.419. The molecule has 0 aliphatic carbocycles. The Morgan fingerprint density at radius 2 is 1.50 bits per heavy atom. The maximum absolute atomic E-state index is 13.2. The third-order valence-electron chi connectivity index (χ3n) is 5.78. The summed E-state index contributed by atoms with van der Waals surface area (Å²) in [6, 6.07) is 24.4. The number of halogens is 1. The number of hydrogen-bond donors (Lipinski definition) is 1. The summed E-state index contributed by atoms with van der Waals surface area (Å²) in [6.07, 6.45) is 1.66. The molecular formula is C28H31ClN2O3. The zero-order valence-corrected chi connectivity index (χ0v) is 20.4. The number of rotatable bonds is 11. The average molecular weight is 479 g/mol. The van der Waals surface area contributed by atoms with E-state index in [1.165, 1.54) is 0 Å². The van der Waals surface area contributed by atoms with Crippen LogP contribution in [-0.2, 0) is 29.0 Å². The van der Waals surface area contributed by atoms with Crippen molar-refractivity contribution in [2.24, 2.45) is 0 Å². The Morgan fingerprint density at radius 1 is 0.882 bits per heavy atom. The van der Waals surface area contributed by atoms with Crippen LogP contribution in [-0.4, -0.2) is 36.4 Å². The number of carbonyl (C=O) groups is 2. The molecule has 34 heavy (non-hydrogen) atoms. The molecule has 5 nitrogen and oxygen atoms in total. The smallest absolute Gasteiger partial charge is 0.242 e. The molecule has 1 atom stereocenters. The summed E-state index contributed by atoms with van der Waals surface area (Å²) in [6.45, 7) is 2.61. The van der Waals surface area contributed by atoms with Crippen molar-refractivity contribution in [1.82, 2.24) is 10.2 Å². The maximum Gasteiger partial charge on any atom is 0.242 e. The van der Waals surface area contributed by atoms with Crippen LogP contribution in [0.3, 0.4) is 0 Å². The minimum atomic E-state index is -0.602. The van der Waals surface area contributed by atoms with E-state index in [9.17, 15) is 9.59 Å². The number of carbonyl (C=O) groups excluding carboxylic acids is 2. The molecule has 2 amide bonds. The highest BCUT2D eigenvalue weighted by Gasteiger charge is 2.25. The maximum atomic E-state index is 13.2. The fraction of sp³-hybridized carbons (Fsp3) is 0.286. The van der Waals surface area contributed by atoms with Gasteiger partial charge < -0.3 is 15.0 Å². The molecule has 0 aromatic heterocycles. The van der Waals surface area contributed by atoms with Crippen LogP contribution in [0.1, 0.15) is 30.0 Å². The van der Waals surface area contributed by atoms with Crippen LogP contribution >= 0.6 is 11.6 Å². The highest BCUT2D eigenvalue weighted by molar-refractivity contribution is 6.30. The molecule has 0 heterocycles. The van der Waals surface area contributed by atoms with Gasteiger partial charge in [-0.05, 0) is 60.7 Å². The van der Waals surface area contributed by atoms with Gasteiger partial charge in [0.15, 0.2) is 0 Å². The molecule has 0 aliphatic heterocycles. The second kappa shape index (κ2) is 12.8. The van der Waals surface area contributed by atoms with Gasteiger partial charge in [-0.1, -0.05) is 66.2 Å². The van der Waals surface area contributed by atoms with Gasteiger partial charge in [0, 0.05) is 24.5 Å². The van der Waals surface area contributed by atoms with E-state index < -0.39 is 6.04 Å². The normalized spacial score (nSPS) is 11.5. The van der Waals surface area contributed by atoms with E-state index in [4.69, 9.17) is 16.3 Å². The van der Waals surface area contributed by atoms with Crippen LogP contribution in [0.4, 0.5) is 0 Å². The Bertz CT molecular complexity index is 1050. The first kappa shape index (κ1) is 25.3. The summed E-state index contributed by atoms with van der Waals surface area (Å²) in [4.78, 5) is 27.8. The van der Waals surface area contributed by atoms with Gasteiger partial charge in [0.1, 0.15) is 11.8 Å². The van der Waals surface area contributed by atoms with Gasteiger partial charge in [-0.15, -0.1) is 0 Å². The molecular weight excluding hydrogens is 448 g/mol. The van der Waals surface area contributed by atoms with Gasteiger partial charge >= 0.3 is 0 Å². The highest BCUT2D eigenvalue weighted by atomic mass is 35.5. The highest BCUT2D eigenvalue weighted by Crippen LogP contribution is 2.16. The number of amides is 2. The summed E-state index contributed by atoms with van der Waals surface area (Å²) < 4.78 is 5.18. The van der Waals surface area contributed by atoms with E-state index in [1.54, 1.807) is 31.1 Å². The van der Waals surface area contributed by atoms with Crippen molar-refractivity contribution in [2.45, 2.75) is 38.8 Å². The topological polar surface area (TPSA) is 58.6 Å². The lowest BCUT2D eigenvalue weighted by Gasteiger charge is -2.29. The molecule has 0 unspecified atom stereocenters. The zero-order chi connectivity index (χ0) is 24.3. The van der Waals surface area contributed by atoms with Gasteiger partial charge in [0.05, 0.1) is 7.11 Å². The van der Waals surface area contributed by atoms with Gasteiger partial charge in [-0.3, -0.25) is 9.59 Å². The van der Waals surface area contributed by atoms with Crippen molar-refractivity contribution in [1.29, 1.82) is 0 Å². The molecule has 3 aromatic rings. The number of ether oxygens (including phenoxy) is 1. The first-order chi connectivity index (χ1) is 16.5. The standard InChI is InChI=1S/C28H31ClN2O3/c1-21(28(33)30-19-18-23-10-15-26(34-2)16-11-23)31(20-24-8-13-25(29)14-9-24)27(32)17-12-22-6-4-3-5-7-22/h3-11,13-16,21H,12,17-20H2,1-2H3,(H,30,33)/t21-/m0/s1. The Morgan fingerprint density at radius 3 is 2.15 bits per heavy atom. The Labute approximate surface area is 206 Å². The van der Waals surface area contributed by atoms with Gasteiger partial charge in [-0.25, -0.2) is 0 Å². The van der Waals surface area contributed by atoms with Crippen LogP contribution in [0.25, 0.3) is 0 Å². The number of methoxy groups -OCH3 is 1. The Kier molecular flexibility index (Phi) is 9.53. The molecule has 178 valence electrons. The minimum Gasteiger partial charge on any atom is -0.497 e. The molecule has 3 aromatic carbocycles. The predicted molar refractivity (Wildman–Crippen MR) is 136 cm³/mol. The van der Waals surface area contributed by atoms with Gasteiger partial charge in [0.2, 0.25) is 11.8 Å². The number of nitrogens with one attached hydrogen (secondary N) is 1.